The summed E-state index contributed by atoms with van der Waals surface area (Å²) in [5.74, 6) is -1.81. The van der Waals surface area contributed by atoms with Crippen LogP contribution in [0.25, 0.3) is 0 Å². The number of hydrogen-bond acceptors (Lipinski definition) is 4. The molecule has 0 heterocycles. The molecule has 0 bridgehead atoms. The molecule has 49 heavy (non-hydrogen) atoms. The Morgan fingerprint density at radius 2 is 0.490 bits per heavy atom. The van der Waals surface area contributed by atoms with Crippen molar-refractivity contribution in [1.29, 1.82) is 0 Å². The maximum Gasteiger partial charge on any atom is 2.00 e. The molecule has 0 atom stereocenters. The van der Waals surface area contributed by atoms with Gasteiger partial charge in [0.15, 0.2) is 0 Å². The van der Waals surface area contributed by atoms with Crippen molar-refractivity contribution in [3.05, 3.63) is 12.8 Å². The van der Waals surface area contributed by atoms with Crippen LogP contribution in [0.5, 0.6) is 0 Å². The summed E-state index contributed by atoms with van der Waals surface area (Å²) in [6.45, 7) is 12.9. The van der Waals surface area contributed by atoms with Crippen LogP contribution in [0.4, 0.5) is 0 Å². The first-order valence-electron chi connectivity index (χ1n) is 21.3. The van der Waals surface area contributed by atoms with Gasteiger partial charge < -0.3 is 19.8 Å². The van der Waals surface area contributed by atoms with E-state index in [0.29, 0.717) is 0 Å². The van der Waals surface area contributed by atoms with Crippen molar-refractivity contribution in [3.63, 3.8) is 0 Å². The molecular formula is C44H88O4Sn. The van der Waals surface area contributed by atoms with Gasteiger partial charge in [-0.2, -0.15) is 0 Å². The van der Waals surface area contributed by atoms with Crippen molar-refractivity contribution in [3.8, 4) is 0 Å². The molecule has 0 aromatic carbocycles. The van der Waals surface area contributed by atoms with Crippen LogP contribution in [0, 0.1) is 12.8 Å². The minimum atomic E-state index is -0.903. The maximum absolute atomic E-state index is 10.2. The van der Waals surface area contributed by atoms with Crippen LogP contribution in [0.3, 0.4) is 0 Å². The van der Waals surface area contributed by atoms with Crippen molar-refractivity contribution in [2.45, 2.75) is 260 Å². The third-order valence-electron chi connectivity index (χ3n) is 8.79. The average Bonchev–Trinajstić information content (AvgIpc) is 3.08. The number of unbranched alkanes of at least 4 members (excludes halogenated alkanes) is 30. The molecule has 0 fully saturated rings. The van der Waals surface area contributed by atoms with Gasteiger partial charge in [-0.15, -0.1) is 0 Å². The number of carboxylic acid groups (broad SMARTS) is 2. The molecule has 5 heteroatoms. The molecule has 4 nitrogen and oxygen atoms in total. The van der Waals surface area contributed by atoms with E-state index in [-0.39, 0.29) is 36.7 Å². The quantitative estimate of drug-likeness (QED) is 0.0480. The van der Waals surface area contributed by atoms with Gasteiger partial charge in [0.25, 0.3) is 0 Å². The molecule has 0 rings (SSSR count). The zero-order valence-electron chi connectivity index (χ0n) is 34.3. The van der Waals surface area contributed by atoms with Gasteiger partial charge in [0.05, 0.1) is 0 Å². The molecule has 0 N–H and O–H groups in total. The summed E-state index contributed by atoms with van der Waals surface area (Å²) >= 11 is 0. The molecule has 0 unspecified atom stereocenters. The fraction of sp³-hybridized carbons (Fsp3) is 0.909. The van der Waals surface area contributed by atoms with E-state index in [1.54, 1.807) is 0 Å². The maximum atomic E-state index is 10.2. The number of carboxylic acids is 2. The Balaban J connectivity index is -0.000000212. The summed E-state index contributed by atoms with van der Waals surface area (Å²) < 4.78 is 0. The number of carbonyl (C=O) groups is 2. The van der Waals surface area contributed by atoms with Gasteiger partial charge in [0.1, 0.15) is 0 Å². The van der Waals surface area contributed by atoms with Crippen LogP contribution < -0.4 is 10.2 Å². The second-order valence-corrected chi connectivity index (χ2v) is 13.8. The molecule has 0 aromatic heterocycles. The molecule has 0 spiro atoms. The Kier molecular flexibility index (Phi) is 70.9. The van der Waals surface area contributed by atoms with Crippen LogP contribution in [0.1, 0.15) is 260 Å². The van der Waals surface area contributed by atoms with Crippen molar-refractivity contribution in [1.82, 2.24) is 0 Å². The fourth-order valence-corrected chi connectivity index (χ4v) is 5.28. The first-order valence-corrected chi connectivity index (χ1v) is 21.3. The summed E-state index contributed by atoms with van der Waals surface area (Å²) in [5.41, 5.74) is 0. The van der Waals surface area contributed by atoms with Gasteiger partial charge in [-0.05, 0) is 38.5 Å². The van der Waals surface area contributed by atoms with Gasteiger partial charge in [0.2, 0.25) is 0 Å². The molecule has 4 radical (unpaired) electrons. The van der Waals surface area contributed by atoms with E-state index in [1.165, 1.54) is 180 Å². The van der Waals surface area contributed by atoms with Gasteiger partial charge in [-0.1, -0.05) is 234 Å². The van der Waals surface area contributed by atoms with E-state index >= 15 is 0 Å². The predicted molar refractivity (Wildman–Crippen MR) is 215 cm³/mol. The Morgan fingerprint density at radius 3 is 0.612 bits per heavy atom. The van der Waals surface area contributed by atoms with Crippen LogP contribution >= 0.6 is 0 Å². The van der Waals surface area contributed by atoms with Crippen molar-refractivity contribution in [2.24, 2.45) is 0 Å². The third kappa shape index (κ3) is 78.2. The molecule has 0 amide bonds. The molecule has 0 saturated heterocycles. The summed E-state index contributed by atoms with van der Waals surface area (Å²) in [4.78, 5) is 20.4. The summed E-state index contributed by atoms with van der Waals surface area (Å²) in [6.07, 6.45) is 46.4. The van der Waals surface area contributed by atoms with E-state index in [1.807, 2.05) is 0 Å². The average molecular weight is 800 g/mol. The summed E-state index contributed by atoms with van der Waals surface area (Å²) in [6, 6.07) is 0. The SMILES string of the molecule is CCCCCCCCCCCCCCCCCC(=O)[O-].CCCCCCCCCCCCCCCCCC(=O)[O-].C[CH]CC.C[CH]CC.[Sn+2]. The van der Waals surface area contributed by atoms with Crippen molar-refractivity contribution < 1.29 is 19.8 Å². The third-order valence-corrected chi connectivity index (χ3v) is 8.79. The van der Waals surface area contributed by atoms with Crippen LogP contribution in [0.15, 0.2) is 0 Å². The van der Waals surface area contributed by atoms with E-state index in [0.717, 1.165) is 25.7 Å². The standard InChI is InChI=1S/2C18H36O2.2C4H9.Sn/c2*1-2-3-4-5-6-7-8-9-10-11-12-13-14-15-16-17-18(19)20;2*1-3-4-2;/h2*2-17H2,1H3,(H,19,20);2*3H,4H2,1-2H3;/q;;;;+2/p-2. The van der Waals surface area contributed by atoms with E-state index in [9.17, 15) is 19.8 Å². The minimum absolute atomic E-state index is 0. The van der Waals surface area contributed by atoms with E-state index in [2.05, 4.69) is 54.4 Å². The first-order chi connectivity index (χ1) is 23.4. The fourth-order valence-electron chi connectivity index (χ4n) is 5.28. The summed E-state index contributed by atoms with van der Waals surface area (Å²) in [5, 5.41) is 20.4. The smallest absolute Gasteiger partial charge is 0.550 e. The zero-order valence-corrected chi connectivity index (χ0v) is 37.2. The first kappa shape index (κ1) is 58.1. The van der Waals surface area contributed by atoms with Gasteiger partial charge in [0, 0.05) is 11.9 Å². The van der Waals surface area contributed by atoms with Gasteiger partial charge in [-0.25, -0.2) is 0 Å². The second kappa shape index (κ2) is 59.9. The molecular weight excluding hydrogens is 711 g/mol. The van der Waals surface area contributed by atoms with Crippen LogP contribution in [-0.2, 0) is 9.59 Å². The second-order valence-electron chi connectivity index (χ2n) is 13.8. The molecule has 292 valence electrons. The number of carbonyl (C=O) groups excluding carboxylic acids is 2. The Bertz CT molecular complexity index is 503. The van der Waals surface area contributed by atoms with Gasteiger partial charge in [-0.3, -0.25) is 0 Å². The van der Waals surface area contributed by atoms with E-state index < -0.39 is 11.9 Å². The molecule has 0 aliphatic carbocycles. The predicted octanol–water partition coefficient (Wildman–Crippen LogP) is 12.9. The zero-order chi connectivity index (χ0) is 36.6. The number of rotatable bonds is 34. The Labute approximate surface area is 326 Å². The summed E-state index contributed by atoms with van der Waals surface area (Å²) in [7, 11) is 0. The molecule has 0 aliphatic rings. The molecule has 0 saturated carbocycles. The number of aliphatic carboxylic acids is 2. The van der Waals surface area contributed by atoms with Gasteiger partial charge >= 0.3 is 23.9 Å². The monoisotopic (exact) mass is 801 g/mol. The molecule has 0 aromatic rings. The van der Waals surface area contributed by atoms with Crippen molar-refractivity contribution in [2.75, 3.05) is 0 Å². The van der Waals surface area contributed by atoms with Crippen LogP contribution in [-0.4, -0.2) is 35.8 Å². The van der Waals surface area contributed by atoms with E-state index in [4.69, 9.17) is 0 Å². The Morgan fingerprint density at radius 1 is 0.347 bits per heavy atom. The Hall–Kier alpha value is -0.261. The largest absolute Gasteiger partial charge is 2.00 e. The minimum Gasteiger partial charge on any atom is -0.550 e. The normalized spacial score (nSPS) is 10.1. The van der Waals surface area contributed by atoms with Crippen LogP contribution in [0.2, 0.25) is 0 Å². The number of hydrogen-bond donors (Lipinski definition) is 0. The van der Waals surface area contributed by atoms with Crippen molar-refractivity contribution >= 4 is 35.8 Å². The molecule has 0 aliphatic heterocycles. The topological polar surface area (TPSA) is 80.3 Å².